The van der Waals surface area contributed by atoms with Crippen molar-refractivity contribution in [2.75, 3.05) is 18.8 Å². The molecule has 1 aliphatic rings. The van der Waals surface area contributed by atoms with Gasteiger partial charge in [-0.25, -0.2) is 13.4 Å². The van der Waals surface area contributed by atoms with E-state index in [2.05, 4.69) is 47.1 Å². The molecule has 146 valence electrons. The molecular weight excluding hydrogens is 358 g/mol. The third-order valence-electron chi connectivity index (χ3n) is 5.12. The molecule has 0 amide bonds. The first kappa shape index (κ1) is 19.8. The Labute approximate surface area is 162 Å². The summed E-state index contributed by atoms with van der Waals surface area (Å²) in [5.41, 5.74) is 3.68. The number of unbranched alkanes of at least 4 members (excludes halogenated alkanes) is 1. The fourth-order valence-electron chi connectivity index (χ4n) is 3.45. The van der Waals surface area contributed by atoms with Gasteiger partial charge in [-0.2, -0.15) is 0 Å². The van der Waals surface area contributed by atoms with Crippen LogP contribution in [0.3, 0.4) is 0 Å². The van der Waals surface area contributed by atoms with Crippen LogP contribution in [0.5, 0.6) is 0 Å². The number of nitrogens with zero attached hydrogens (tertiary/aromatic N) is 3. The summed E-state index contributed by atoms with van der Waals surface area (Å²) < 4.78 is 26.7. The van der Waals surface area contributed by atoms with Crippen LogP contribution < -0.4 is 0 Å². The van der Waals surface area contributed by atoms with Crippen molar-refractivity contribution in [1.29, 1.82) is 0 Å². The molecule has 0 saturated carbocycles. The van der Waals surface area contributed by atoms with Gasteiger partial charge in [0.05, 0.1) is 17.6 Å². The van der Waals surface area contributed by atoms with Gasteiger partial charge in [0.1, 0.15) is 0 Å². The molecule has 0 bridgehead atoms. The van der Waals surface area contributed by atoms with Gasteiger partial charge in [-0.1, -0.05) is 56.7 Å². The van der Waals surface area contributed by atoms with Crippen LogP contribution in [0, 0.1) is 0 Å². The van der Waals surface area contributed by atoms with E-state index in [0.29, 0.717) is 6.54 Å². The van der Waals surface area contributed by atoms with Crippen LogP contribution >= 0.6 is 0 Å². The molecule has 6 heteroatoms. The largest absolute Gasteiger partial charge is 0.318 e. The van der Waals surface area contributed by atoms with Crippen LogP contribution in [0.4, 0.5) is 0 Å². The maximum absolute atomic E-state index is 12.4. The average molecular weight is 388 g/mol. The molecule has 2 heterocycles. The Balaban J connectivity index is 1.75. The van der Waals surface area contributed by atoms with Gasteiger partial charge in [-0.15, -0.1) is 0 Å². The standard InChI is InChI=1S/C21H29N3O2S/c1-3-5-13-24-20(16-22-21(24)27(25,26)4-2)17-23-14-11-19(12-15-23)18-9-7-6-8-10-18/h6-11,16H,3-5,12-15,17H2,1-2H3. The fraction of sp³-hybridized carbons (Fsp3) is 0.476. The lowest BCUT2D eigenvalue weighted by Gasteiger charge is -2.27. The quantitative estimate of drug-likeness (QED) is 0.692. The first-order valence-electron chi connectivity index (χ1n) is 9.79. The molecule has 1 aromatic carbocycles. The van der Waals surface area contributed by atoms with E-state index >= 15 is 0 Å². The van der Waals surface area contributed by atoms with Gasteiger partial charge in [0, 0.05) is 26.2 Å². The summed E-state index contributed by atoms with van der Waals surface area (Å²) in [5, 5.41) is 0.228. The highest BCUT2D eigenvalue weighted by atomic mass is 32.2. The molecule has 1 aromatic heterocycles. The summed E-state index contributed by atoms with van der Waals surface area (Å²) in [4.78, 5) is 6.63. The minimum atomic E-state index is -3.30. The van der Waals surface area contributed by atoms with E-state index in [1.165, 1.54) is 11.1 Å². The molecule has 5 nitrogen and oxygen atoms in total. The van der Waals surface area contributed by atoms with Crippen molar-refractivity contribution in [1.82, 2.24) is 14.5 Å². The van der Waals surface area contributed by atoms with Crippen molar-refractivity contribution in [3.05, 3.63) is 53.9 Å². The van der Waals surface area contributed by atoms with E-state index in [1.54, 1.807) is 13.1 Å². The molecule has 0 saturated heterocycles. The van der Waals surface area contributed by atoms with Crippen LogP contribution in [0.1, 0.15) is 44.4 Å². The van der Waals surface area contributed by atoms with E-state index in [0.717, 1.165) is 44.6 Å². The van der Waals surface area contributed by atoms with Crippen molar-refractivity contribution in [2.45, 2.75) is 51.4 Å². The minimum absolute atomic E-state index is 0.0858. The van der Waals surface area contributed by atoms with Crippen molar-refractivity contribution >= 4 is 15.4 Å². The van der Waals surface area contributed by atoms with Gasteiger partial charge in [0.2, 0.25) is 15.0 Å². The molecular formula is C21H29N3O2S. The van der Waals surface area contributed by atoms with Crippen LogP contribution in [0.25, 0.3) is 5.57 Å². The lowest BCUT2D eigenvalue weighted by atomic mass is 9.99. The molecule has 0 fully saturated rings. The monoisotopic (exact) mass is 387 g/mol. The summed E-state index contributed by atoms with van der Waals surface area (Å²) in [7, 11) is -3.30. The Morgan fingerprint density at radius 1 is 1.15 bits per heavy atom. The number of sulfone groups is 1. The molecule has 0 spiro atoms. The zero-order chi connectivity index (χ0) is 19.3. The first-order chi connectivity index (χ1) is 13.0. The average Bonchev–Trinajstić information content (AvgIpc) is 3.11. The molecule has 0 N–H and O–H groups in total. The number of hydrogen-bond donors (Lipinski definition) is 0. The van der Waals surface area contributed by atoms with Crippen LogP contribution in [0.2, 0.25) is 0 Å². The lowest BCUT2D eigenvalue weighted by Crippen LogP contribution is -2.29. The summed E-state index contributed by atoms with van der Waals surface area (Å²) in [5.74, 6) is 0.0858. The molecule has 0 atom stereocenters. The Morgan fingerprint density at radius 2 is 1.93 bits per heavy atom. The molecule has 2 aromatic rings. The fourth-order valence-corrected chi connectivity index (χ4v) is 4.47. The molecule has 0 radical (unpaired) electrons. The van der Waals surface area contributed by atoms with Crippen molar-refractivity contribution < 1.29 is 8.42 Å². The number of rotatable bonds is 8. The number of hydrogen-bond acceptors (Lipinski definition) is 4. The summed E-state index contributed by atoms with van der Waals surface area (Å²) in [6.45, 7) is 7.07. The second-order valence-electron chi connectivity index (χ2n) is 7.02. The Kier molecular flexibility index (Phi) is 6.50. The first-order valence-corrected chi connectivity index (χ1v) is 11.4. The molecule has 27 heavy (non-hydrogen) atoms. The zero-order valence-electron chi connectivity index (χ0n) is 16.3. The predicted octanol–water partition coefficient (Wildman–Crippen LogP) is 3.77. The van der Waals surface area contributed by atoms with E-state index in [-0.39, 0.29) is 10.9 Å². The highest BCUT2D eigenvalue weighted by Gasteiger charge is 2.23. The number of benzene rings is 1. The van der Waals surface area contributed by atoms with Gasteiger partial charge in [0.15, 0.2) is 0 Å². The normalized spacial score (nSPS) is 15.7. The predicted molar refractivity (Wildman–Crippen MR) is 109 cm³/mol. The van der Waals surface area contributed by atoms with Gasteiger partial charge in [-0.05, 0) is 24.0 Å². The van der Waals surface area contributed by atoms with E-state index in [9.17, 15) is 8.42 Å². The maximum atomic E-state index is 12.4. The van der Waals surface area contributed by atoms with Crippen LogP contribution in [-0.4, -0.2) is 41.7 Å². The third kappa shape index (κ3) is 4.68. The topological polar surface area (TPSA) is 55.2 Å². The van der Waals surface area contributed by atoms with Crippen molar-refractivity contribution in [3.63, 3.8) is 0 Å². The summed E-state index contributed by atoms with van der Waals surface area (Å²) in [6.07, 6.45) is 7.01. The zero-order valence-corrected chi connectivity index (χ0v) is 17.1. The van der Waals surface area contributed by atoms with Gasteiger partial charge in [0.25, 0.3) is 0 Å². The van der Waals surface area contributed by atoms with Gasteiger partial charge < -0.3 is 4.57 Å². The maximum Gasteiger partial charge on any atom is 0.227 e. The van der Waals surface area contributed by atoms with E-state index in [4.69, 9.17) is 0 Å². The Bertz CT molecular complexity index is 885. The number of aromatic nitrogens is 2. The second kappa shape index (κ2) is 8.85. The van der Waals surface area contributed by atoms with Crippen molar-refractivity contribution in [2.24, 2.45) is 0 Å². The third-order valence-corrected chi connectivity index (χ3v) is 6.76. The van der Waals surface area contributed by atoms with Crippen LogP contribution in [-0.2, 0) is 22.9 Å². The molecule has 3 rings (SSSR count). The number of imidazole rings is 1. The lowest BCUT2D eigenvalue weighted by molar-refractivity contribution is 0.284. The molecule has 0 unspecified atom stereocenters. The van der Waals surface area contributed by atoms with Crippen molar-refractivity contribution in [3.8, 4) is 0 Å². The smallest absolute Gasteiger partial charge is 0.227 e. The summed E-state index contributed by atoms with van der Waals surface area (Å²) in [6, 6.07) is 10.5. The van der Waals surface area contributed by atoms with Gasteiger partial charge in [-0.3, -0.25) is 4.90 Å². The Morgan fingerprint density at radius 3 is 2.56 bits per heavy atom. The summed E-state index contributed by atoms with van der Waals surface area (Å²) >= 11 is 0. The highest BCUT2D eigenvalue weighted by molar-refractivity contribution is 7.91. The molecule has 0 aliphatic carbocycles. The molecule has 1 aliphatic heterocycles. The SMILES string of the molecule is CCCCn1c(CN2CC=C(c3ccccc3)CC2)cnc1S(=O)(=O)CC. The minimum Gasteiger partial charge on any atom is -0.318 e. The highest BCUT2D eigenvalue weighted by Crippen LogP contribution is 2.24. The van der Waals surface area contributed by atoms with E-state index < -0.39 is 9.84 Å². The van der Waals surface area contributed by atoms with Gasteiger partial charge >= 0.3 is 0 Å². The van der Waals surface area contributed by atoms with E-state index in [1.807, 2.05) is 10.6 Å². The Hall–Kier alpha value is -1.92. The van der Waals surface area contributed by atoms with Crippen LogP contribution in [0.15, 0.2) is 47.8 Å². The second-order valence-corrected chi connectivity index (χ2v) is 9.19.